The molecule has 0 saturated carbocycles. The molecular weight excluding hydrogens is 366 g/mol. The molecule has 0 spiro atoms. The van der Waals surface area contributed by atoms with Crippen LogP contribution in [0.5, 0.6) is 0 Å². The van der Waals surface area contributed by atoms with Gasteiger partial charge in [-0.05, 0) is 30.9 Å². The smallest absolute Gasteiger partial charge is 0.271 e. The molecule has 0 unspecified atom stereocenters. The van der Waals surface area contributed by atoms with Crippen LogP contribution in [0.2, 0.25) is 5.02 Å². The van der Waals surface area contributed by atoms with Gasteiger partial charge >= 0.3 is 0 Å². The number of nitrogens with zero attached hydrogens (tertiary/aromatic N) is 2. The molecule has 1 atom stereocenters. The van der Waals surface area contributed by atoms with Crippen LogP contribution < -0.4 is 10.6 Å². The highest BCUT2D eigenvalue weighted by molar-refractivity contribution is 6.35. The van der Waals surface area contributed by atoms with Crippen LogP contribution in [0.25, 0.3) is 10.9 Å². The lowest BCUT2D eigenvalue weighted by Gasteiger charge is -2.24. The lowest BCUT2D eigenvalue weighted by molar-refractivity contribution is -0.121. The van der Waals surface area contributed by atoms with Crippen LogP contribution in [0.1, 0.15) is 40.6 Å². The third-order valence-electron chi connectivity index (χ3n) is 4.73. The number of carbonyl (C=O) groups is 2. The Morgan fingerprint density at radius 3 is 3.00 bits per heavy atom. The highest BCUT2D eigenvalue weighted by Gasteiger charge is 2.26. The van der Waals surface area contributed by atoms with Gasteiger partial charge in [0.1, 0.15) is 5.69 Å². The minimum absolute atomic E-state index is 0.123. The van der Waals surface area contributed by atoms with Gasteiger partial charge in [-0.3, -0.25) is 14.6 Å². The Labute approximate surface area is 160 Å². The number of hydrogen-bond donors (Lipinski definition) is 3. The molecule has 1 aromatic carbocycles. The molecule has 0 bridgehead atoms. The molecule has 2 aromatic heterocycles. The maximum Gasteiger partial charge on any atom is 0.271 e. The first-order chi connectivity index (χ1) is 13.1. The van der Waals surface area contributed by atoms with Gasteiger partial charge in [-0.25, -0.2) is 4.98 Å². The molecular formula is C19H18ClN5O2. The quantitative estimate of drug-likeness (QED) is 0.644. The highest BCUT2D eigenvalue weighted by Crippen LogP contribution is 2.36. The van der Waals surface area contributed by atoms with Gasteiger partial charge in [-0.15, -0.1) is 0 Å². The van der Waals surface area contributed by atoms with E-state index in [1.165, 1.54) is 24.2 Å². The maximum absolute atomic E-state index is 12.3. The molecule has 2 heterocycles. The summed E-state index contributed by atoms with van der Waals surface area (Å²) in [5, 5.41) is 7.34. The second-order valence-electron chi connectivity index (χ2n) is 6.47. The number of nitrogens with one attached hydrogen (secondary N) is 3. The number of aromatic nitrogens is 3. The molecule has 3 N–H and O–H groups in total. The number of benzene rings is 1. The molecule has 8 heteroatoms. The van der Waals surface area contributed by atoms with Crippen LogP contribution in [0.4, 0.5) is 0 Å². The van der Waals surface area contributed by atoms with E-state index in [0.717, 1.165) is 35.9 Å². The number of aromatic amines is 1. The number of halogens is 1. The zero-order valence-corrected chi connectivity index (χ0v) is 15.2. The number of amides is 2. The topological polar surface area (TPSA) is 99.8 Å². The van der Waals surface area contributed by atoms with E-state index in [1.54, 1.807) is 0 Å². The number of para-hydroxylation sites is 1. The molecule has 0 saturated heterocycles. The Balaban J connectivity index is 1.45. The zero-order valence-electron chi connectivity index (χ0n) is 14.5. The van der Waals surface area contributed by atoms with E-state index in [4.69, 9.17) is 11.6 Å². The SMILES string of the molecule is O=C(CNC(=O)c1cnccn1)N[C@H]1CCCc2c1[nH]c1c(Cl)cccc21. The van der Waals surface area contributed by atoms with Crippen molar-refractivity contribution in [3.05, 3.63) is 58.8 Å². The van der Waals surface area contributed by atoms with E-state index in [1.807, 2.05) is 18.2 Å². The molecule has 0 fully saturated rings. The average molecular weight is 384 g/mol. The van der Waals surface area contributed by atoms with Gasteiger partial charge in [0.2, 0.25) is 5.91 Å². The zero-order chi connectivity index (χ0) is 18.8. The van der Waals surface area contributed by atoms with Crippen LogP contribution in [0.15, 0.2) is 36.8 Å². The van der Waals surface area contributed by atoms with Crippen LogP contribution in [-0.2, 0) is 11.2 Å². The summed E-state index contributed by atoms with van der Waals surface area (Å²) in [4.78, 5) is 35.4. The Bertz CT molecular complexity index is 1000. The van der Waals surface area contributed by atoms with E-state index < -0.39 is 5.91 Å². The first kappa shape index (κ1) is 17.5. The summed E-state index contributed by atoms with van der Waals surface area (Å²) in [6.07, 6.45) is 7.03. The molecule has 1 aliphatic rings. The monoisotopic (exact) mass is 383 g/mol. The van der Waals surface area contributed by atoms with E-state index in [9.17, 15) is 9.59 Å². The number of hydrogen-bond acceptors (Lipinski definition) is 4. The fraction of sp³-hybridized carbons (Fsp3) is 0.263. The van der Waals surface area contributed by atoms with E-state index >= 15 is 0 Å². The van der Waals surface area contributed by atoms with Gasteiger partial charge < -0.3 is 15.6 Å². The summed E-state index contributed by atoms with van der Waals surface area (Å²) >= 11 is 6.30. The van der Waals surface area contributed by atoms with Crippen molar-refractivity contribution in [2.75, 3.05) is 6.54 Å². The second-order valence-corrected chi connectivity index (χ2v) is 6.87. The Hall–Kier alpha value is -2.93. The minimum Gasteiger partial charge on any atom is -0.355 e. The Morgan fingerprint density at radius 2 is 2.19 bits per heavy atom. The summed E-state index contributed by atoms with van der Waals surface area (Å²) in [7, 11) is 0. The van der Waals surface area contributed by atoms with Crippen molar-refractivity contribution in [3.63, 3.8) is 0 Å². The van der Waals surface area contributed by atoms with E-state index in [-0.39, 0.29) is 24.2 Å². The van der Waals surface area contributed by atoms with Crippen molar-refractivity contribution < 1.29 is 9.59 Å². The van der Waals surface area contributed by atoms with Crippen molar-refractivity contribution >= 4 is 34.3 Å². The van der Waals surface area contributed by atoms with Crippen LogP contribution in [0.3, 0.4) is 0 Å². The fourth-order valence-electron chi connectivity index (χ4n) is 3.51. The number of rotatable bonds is 4. The first-order valence-corrected chi connectivity index (χ1v) is 9.14. The van der Waals surface area contributed by atoms with Gasteiger partial charge in [0.05, 0.1) is 29.3 Å². The molecule has 138 valence electrons. The van der Waals surface area contributed by atoms with Gasteiger partial charge in [0.15, 0.2) is 0 Å². The molecule has 0 aliphatic heterocycles. The van der Waals surface area contributed by atoms with E-state index in [0.29, 0.717) is 5.02 Å². The Kier molecular flexibility index (Phi) is 4.77. The average Bonchev–Trinajstić information content (AvgIpc) is 3.08. The molecule has 3 aromatic rings. The molecule has 1 aliphatic carbocycles. The third kappa shape index (κ3) is 3.50. The lowest BCUT2D eigenvalue weighted by Crippen LogP contribution is -2.39. The summed E-state index contributed by atoms with van der Waals surface area (Å²) in [6.45, 7) is -0.123. The standard InChI is InChI=1S/C19H18ClN5O2/c20-13-5-1-3-11-12-4-2-6-14(18(12)25-17(11)13)24-16(26)10-23-19(27)15-9-21-7-8-22-15/h1,3,5,7-9,14,25H,2,4,6,10H2,(H,23,27)(H,24,26)/t14-/m0/s1. The predicted molar refractivity (Wildman–Crippen MR) is 101 cm³/mol. The van der Waals surface area contributed by atoms with Gasteiger partial charge in [-0.2, -0.15) is 0 Å². The van der Waals surface area contributed by atoms with Crippen molar-refractivity contribution in [3.8, 4) is 0 Å². The van der Waals surface area contributed by atoms with Crippen LogP contribution in [0, 0.1) is 0 Å². The molecule has 0 radical (unpaired) electrons. The summed E-state index contributed by atoms with van der Waals surface area (Å²) < 4.78 is 0. The fourth-order valence-corrected chi connectivity index (χ4v) is 3.73. The van der Waals surface area contributed by atoms with Gasteiger partial charge in [0.25, 0.3) is 5.91 Å². The Morgan fingerprint density at radius 1 is 1.30 bits per heavy atom. The number of fused-ring (bicyclic) bond motifs is 3. The summed E-state index contributed by atoms with van der Waals surface area (Å²) in [5.41, 5.74) is 3.28. The largest absolute Gasteiger partial charge is 0.355 e. The minimum atomic E-state index is -0.431. The lowest BCUT2D eigenvalue weighted by atomic mass is 9.91. The normalized spacial score (nSPS) is 16.0. The molecule has 27 heavy (non-hydrogen) atoms. The molecule has 4 rings (SSSR count). The van der Waals surface area contributed by atoms with Crippen molar-refractivity contribution in [2.24, 2.45) is 0 Å². The van der Waals surface area contributed by atoms with E-state index in [2.05, 4.69) is 25.6 Å². The van der Waals surface area contributed by atoms with Gasteiger partial charge in [0, 0.05) is 23.5 Å². The van der Waals surface area contributed by atoms with Crippen molar-refractivity contribution in [2.45, 2.75) is 25.3 Å². The number of aryl methyl sites for hydroxylation is 1. The van der Waals surface area contributed by atoms with Crippen LogP contribution >= 0.6 is 11.6 Å². The van der Waals surface area contributed by atoms with Crippen molar-refractivity contribution in [1.29, 1.82) is 0 Å². The highest BCUT2D eigenvalue weighted by atomic mass is 35.5. The first-order valence-electron chi connectivity index (χ1n) is 8.76. The molecule has 7 nitrogen and oxygen atoms in total. The maximum atomic E-state index is 12.3. The van der Waals surface area contributed by atoms with Crippen LogP contribution in [-0.4, -0.2) is 33.3 Å². The molecule has 2 amide bonds. The number of carbonyl (C=O) groups excluding carboxylic acids is 2. The number of H-pyrrole nitrogens is 1. The second kappa shape index (κ2) is 7.36. The summed E-state index contributed by atoms with van der Waals surface area (Å²) in [6, 6.07) is 5.70. The predicted octanol–water partition coefficient (Wildman–Crippen LogP) is 2.53. The van der Waals surface area contributed by atoms with Gasteiger partial charge in [-0.1, -0.05) is 23.7 Å². The summed E-state index contributed by atoms with van der Waals surface area (Å²) in [5.74, 6) is -0.685. The third-order valence-corrected chi connectivity index (χ3v) is 5.05. The van der Waals surface area contributed by atoms with Crippen molar-refractivity contribution in [1.82, 2.24) is 25.6 Å².